The van der Waals surface area contributed by atoms with Crippen molar-refractivity contribution < 1.29 is 9.53 Å². The van der Waals surface area contributed by atoms with Crippen LogP contribution in [0.5, 0.6) is 0 Å². The summed E-state index contributed by atoms with van der Waals surface area (Å²) in [5, 5.41) is 5.59. The minimum atomic E-state index is -0.599. The number of ether oxygens (including phenoxy) is 1. The van der Waals surface area contributed by atoms with Crippen molar-refractivity contribution in [3.8, 4) is 5.82 Å². The van der Waals surface area contributed by atoms with Gasteiger partial charge >= 0.3 is 5.97 Å². The van der Waals surface area contributed by atoms with Gasteiger partial charge in [-0.05, 0) is 32.9 Å². The van der Waals surface area contributed by atoms with Crippen LogP contribution < -0.4 is 15.4 Å². The molecule has 0 radical (unpaired) electrons. The molecule has 200 valence electrons. The number of aromatic nitrogens is 7. The number of carbonyl (C=O) groups is 1. The fourth-order valence-corrected chi connectivity index (χ4v) is 4.74. The van der Waals surface area contributed by atoms with Gasteiger partial charge in [-0.25, -0.2) is 9.67 Å². The van der Waals surface area contributed by atoms with Crippen LogP contribution in [-0.2, 0) is 16.1 Å². The smallest absolute Gasteiger partial charge is 0.326 e. The summed E-state index contributed by atoms with van der Waals surface area (Å²) in [7, 11) is 0. The lowest BCUT2D eigenvalue weighted by molar-refractivity contribution is -0.155. The molecule has 0 unspecified atom stereocenters. The molecule has 1 N–H and O–H groups in total. The molecule has 12 heteroatoms. The number of imidazole rings is 1. The molecule has 0 spiro atoms. The highest BCUT2D eigenvalue weighted by atomic mass is 16.6. The van der Waals surface area contributed by atoms with Crippen molar-refractivity contribution in [1.29, 1.82) is 0 Å². The molecule has 1 saturated heterocycles. The minimum Gasteiger partial charge on any atom is -0.459 e. The van der Waals surface area contributed by atoms with E-state index in [0.29, 0.717) is 36.0 Å². The number of rotatable bonds is 5. The van der Waals surface area contributed by atoms with Crippen LogP contribution in [0.4, 0.5) is 11.6 Å². The van der Waals surface area contributed by atoms with Crippen molar-refractivity contribution in [3.63, 3.8) is 0 Å². The van der Waals surface area contributed by atoms with E-state index in [1.54, 1.807) is 28.0 Å². The Hall–Kier alpha value is -4.74. The number of esters is 1. The number of H-pyrrole nitrogens is 1. The zero-order chi connectivity index (χ0) is 27.1. The van der Waals surface area contributed by atoms with Crippen molar-refractivity contribution >= 4 is 39.7 Å². The van der Waals surface area contributed by atoms with E-state index < -0.39 is 5.60 Å². The monoisotopic (exact) mass is 527 g/mol. The summed E-state index contributed by atoms with van der Waals surface area (Å²) in [6, 6.07) is 11.3. The number of para-hydroxylation sites is 1. The van der Waals surface area contributed by atoms with Crippen molar-refractivity contribution in [1.82, 2.24) is 34.3 Å². The number of benzene rings is 1. The number of piperazine rings is 1. The average molecular weight is 528 g/mol. The van der Waals surface area contributed by atoms with Gasteiger partial charge in [-0.1, -0.05) is 18.2 Å². The maximum absolute atomic E-state index is 12.7. The molecule has 0 atom stereocenters. The molecule has 0 bridgehead atoms. The number of pyridine rings is 1. The van der Waals surface area contributed by atoms with Crippen LogP contribution in [0.3, 0.4) is 0 Å². The van der Waals surface area contributed by atoms with Gasteiger partial charge in [-0.2, -0.15) is 15.1 Å². The SMILES string of the molecule is CC(C)(C)OC(=O)Cn1cnc2c(-n3ncc4ccccc43)nc(N3CCN(c4ccc(=O)[nH]c4)CC3)nc21. The van der Waals surface area contributed by atoms with E-state index in [1.807, 2.05) is 51.1 Å². The summed E-state index contributed by atoms with van der Waals surface area (Å²) in [5.74, 6) is 0.703. The molecule has 1 aliphatic rings. The van der Waals surface area contributed by atoms with Crippen molar-refractivity contribution in [2.45, 2.75) is 32.9 Å². The Labute approximate surface area is 223 Å². The Bertz CT molecular complexity index is 1700. The molecule has 6 rings (SSSR count). The maximum atomic E-state index is 12.7. The molecule has 12 nitrogen and oxygen atoms in total. The summed E-state index contributed by atoms with van der Waals surface area (Å²) in [5.41, 5.74) is 2.21. The Kier molecular flexibility index (Phi) is 6.01. The van der Waals surface area contributed by atoms with E-state index in [2.05, 4.69) is 24.9 Å². The Morgan fingerprint density at radius 2 is 1.79 bits per heavy atom. The molecule has 1 aliphatic heterocycles. The minimum absolute atomic E-state index is 0.0243. The predicted octanol–water partition coefficient (Wildman–Crippen LogP) is 2.52. The summed E-state index contributed by atoms with van der Waals surface area (Å²) in [4.78, 5) is 45.6. The summed E-state index contributed by atoms with van der Waals surface area (Å²) in [6.45, 7) is 8.29. The molecule has 1 aromatic carbocycles. The third-order valence-electron chi connectivity index (χ3n) is 6.53. The second kappa shape index (κ2) is 9.53. The number of hydrogen-bond acceptors (Lipinski definition) is 9. The van der Waals surface area contributed by atoms with Crippen LogP contribution in [0, 0.1) is 0 Å². The highest BCUT2D eigenvalue weighted by Gasteiger charge is 2.25. The largest absolute Gasteiger partial charge is 0.459 e. The fourth-order valence-electron chi connectivity index (χ4n) is 4.74. The van der Waals surface area contributed by atoms with Gasteiger partial charge in [0.2, 0.25) is 11.5 Å². The first-order valence-electron chi connectivity index (χ1n) is 12.8. The van der Waals surface area contributed by atoms with Gasteiger partial charge in [0.25, 0.3) is 0 Å². The van der Waals surface area contributed by atoms with Gasteiger partial charge in [0.15, 0.2) is 17.0 Å². The molecule has 0 aliphatic carbocycles. The number of fused-ring (bicyclic) bond motifs is 2. The van der Waals surface area contributed by atoms with Gasteiger partial charge in [0.05, 0.1) is 23.7 Å². The lowest BCUT2D eigenvalue weighted by Crippen LogP contribution is -2.47. The summed E-state index contributed by atoms with van der Waals surface area (Å²) in [6.07, 6.45) is 5.12. The van der Waals surface area contributed by atoms with Crippen LogP contribution in [0.2, 0.25) is 0 Å². The van der Waals surface area contributed by atoms with Crippen LogP contribution in [0.25, 0.3) is 27.9 Å². The second-order valence-corrected chi connectivity index (χ2v) is 10.5. The van der Waals surface area contributed by atoms with E-state index in [-0.39, 0.29) is 18.1 Å². The highest BCUT2D eigenvalue weighted by molar-refractivity contribution is 5.86. The van der Waals surface area contributed by atoms with Gasteiger partial charge in [-0.3, -0.25) is 9.59 Å². The Balaban J connectivity index is 1.38. The lowest BCUT2D eigenvalue weighted by Gasteiger charge is -2.36. The normalized spacial score (nSPS) is 14.3. The van der Waals surface area contributed by atoms with Crippen LogP contribution in [0.15, 0.2) is 59.9 Å². The van der Waals surface area contributed by atoms with E-state index in [0.717, 1.165) is 29.7 Å². The molecule has 5 aromatic rings. The van der Waals surface area contributed by atoms with Gasteiger partial charge in [0.1, 0.15) is 12.1 Å². The summed E-state index contributed by atoms with van der Waals surface area (Å²) < 4.78 is 9.00. The zero-order valence-corrected chi connectivity index (χ0v) is 22.0. The fraction of sp³-hybridized carbons (Fsp3) is 0.333. The van der Waals surface area contributed by atoms with Crippen molar-refractivity contribution in [3.05, 3.63) is 65.5 Å². The topological polar surface area (TPSA) is 127 Å². The lowest BCUT2D eigenvalue weighted by atomic mass is 10.2. The number of anilines is 2. The third-order valence-corrected chi connectivity index (χ3v) is 6.53. The molecule has 0 saturated carbocycles. The molecule has 4 aromatic heterocycles. The number of carbonyl (C=O) groups excluding carboxylic acids is 1. The first kappa shape index (κ1) is 24.6. The molecular weight excluding hydrogens is 498 g/mol. The number of nitrogens with one attached hydrogen (secondary N) is 1. The first-order chi connectivity index (χ1) is 18.7. The van der Waals surface area contributed by atoms with E-state index in [1.165, 1.54) is 6.07 Å². The highest BCUT2D eigenvalue weighted by Crippen LogP contribution is 2.26. The molecule has 5 heterocycles. The Morgan fingerprint density at radius 3 is 2.54 bits per heavy atom. The number of nitrogens with zero attached hydrogens (tertiary/aromatic N) is 8. The Morgan fingerprint density at radius 1 is 1.03 bits per heavy atom. The van der Waals surface area contributed by atoms with Crippen LogP contribution >= 0.6 is 0 Å². The summed E-state index contributed by atoms with van der Waals surface area (Å²) >= 11 is 0. The van der Waals surface area contributed by atoms with Gasteiger partial charge < -0.3 is 24.1 Å². The van der Waals surface area contributed by atoms with Crippen LogP contribution in [0.1, 0.15) is 20.8 Å². The first-order valence-corrected chi connectivity index (χ1v) is 12.8. The molecule has 39 heavy (non-hydrogen) atoms. The maximum Gasteiger partial charge on any atom is 0.326 e. The van der Waals surface area contributed by atoms with Crippen molar-refractivity contribution in [2.24, 2.45) is 0 Å². The van der Waals surface area contributed by atoms with E-state index >= 15 is 0 Å². The quantitative estimate of drug-likeness (QED) is 0.343. The molecular formula is C27H29N9O3. The standard InChI is InChI=1S/C27H29N9O3/c1-27(2,3)39-22(38)16-35-17-29-23-24(35)31-26(32-25(23)36-20-7-5-4-6-18(20)14-30-36)34-12-10-33(11-13-34)19-8-9-21(37)28-15-19/h4-9,14-15,17H,10-13,16H2,1-3H3,(H,28,37). The van der Waals surface area contributed by atoms with Gasteiger partial charge in [-0.15, -0.1) is 0 Å². The number of aromatic amines is 1. The van der Waals surface area contributed by atoms with Crippen molar-refractivity contribution in [2.75, 3.05) is 36.0 Å². The number of hydrogen-bond donors (Lipinski definition) is 1. The van der Waals surface area contributed by atoms with Crippen LogP contribution in [-0.4, -0.2) is 72.0 Å². The zero-order valence-electron chi connectivity index (χ0n) is 22.0. The average Bonchev–Trinajstić information content (AvgIpc) is 3.52. The third kappa shape index (κ3) is 4.92. The van der Waals surface area contributed by atoms with E-state index in [4.69, 9.17) is 14.7 Å². The molecule has 0 amide bonds. The predicted molar refractivity (Wildman–Crippen MR) is 147 cm³/mol. The molecule has 1 fully saturated rings. The van der Waals surface area contributed by atoms with Gasteiger partial charge in [0, 0.05) is 43.8 Å². The van der Waals surface area contributed by atoms with E-state index in [9.17, 15) is 9.59 Å². The second-order valence-electron chi connectivity index (χ2n) is 10.5.